The molecule has 0 aliphatic carbocycles. The molecule has 1 N–H and O–H groups in total. The number of benzene rings is 1. The van der Waals surface area contributed by atoms with Crippen LogP contribution in [0.15, 0.2) is 12.1 Å². The number of aliphatic hydroxyl groups excluding tert-OH is 1. The summed E-state index contributed by atoms with van der Waals surface area (Å²) in [7, 11) is 2.91. The minimum absolute atomic E-state index is 0.0308. The van der Waals surface area contributed by atoms with E-state index in [1.54, 1.807) is 0 Å². The summed E-state index contributed by atoms with van der Waals surface area (Å²) in [5.74, 6) is -0.0775. The van der Waals surface area contributed by atoms with Crippen LogP contribution < -0.4 is 9.47 Å². The molecule has 0 bridgehead atoms. The number of hydrogen-bond donors (Lipinski definition) is 1. The Morgan fingerprint density at radius 1 is 1.11 bits per heavy atom. The number of carbonyl (C=O) groups excluding carboxylic acids is 2. The number of β-amino-alcohol motifs (C(OH)–C–C–N with tert-alkyl or cyclic N) is 1. The molecule has 2 rings (SSSR count). The molecule has 0 fully saturated rings. The van der Waals surface area contributed by atoms with Crippen LogP contribution in [0.4, 0.5) is 0 Å². The van der Waals surface area contributed by atoms with Gasteiger partial charge in [0.15, 0.2) is 11.5 Å². The molecular formula is C13H15NO5. The maximum atomic E-state index is 12.1. The van der Waals surface area contributed by atoms with Crippen molar-refractivity contribution < 1.29 is 24.2 Å². The van der Waals surface area contributed by atoms with Crippen LogP contribution in [0.5, 0.6) is 11.5 Å². The largest absolute Gasteiger partial charge is 0.493 e. The van der Waals surface area contributed by atoms with Crippen LogP contribution in [-0.4, -0.2) is 48.7 Å². The molecule has 0 saturated carbocycles. The van der Waals surface area contributed by atoms with Gasteiger partial charge >= 0.3 is 0 Å². The summed E-state index contributed by atoms with van der Waals surface area (Å²) >= 11 is 0. The van der Waals surface area contributed by atoms with Gasteiger partial charge in [-0.05, 0) is 19.1 Å². The van der Waals surface area contributed by atoms with Gasteiger partial charge in [0.1, 0.15) is 0 Å². The molecule has 1 aliphatic heterocycles. The predicted octanol–water partition coefficient (Wildman–Crippen LogP) is 0.681. The smallest absolute Gasteiger partial charge is 0.261 e. The lowest BCUT2D eigenvalue weighted by atomic mass is 10.1. The zero-order valence-electron chi connectivity index (χ0n) is 11.0. The van der Waals surface area contributed by atoms with E-state index in [-0.39, 0.29) is 17.7 Å². The number of ether oxygens (including phenoxy) is 2. The first-order chi connectivity index (χ1) is 8.99. The Hall–Kier alpha value is -2.08. The first-order valence-corrected chi connectivity index (χ1v) is 5.79. The molecule has 0 saturated heterocycles. The second-order valence-electron chi connectivity index (χ2n) is 4.32. The first-order valence-electron chi connectivity index (χ1n) is 5.79. The van der Waals surface area contributed by atoms with Gasteiger partial charge in [-0.25, -0.2) is 0 Å². The van der Waals surface area contributed by atoms with Gasteiger partial charge in [-0.2, -0.15) is 0 Å². The summed E-state index contributed by atoms with van der Waals surface area (Å²) < 4.78 is 10.2. The van der Waals surface area contributed by atoms with Crippen molar-refractivity contribution in [2.75, 3.05) is 20.8 Å². The van der Waals surface area contributed by atoms with E-state index in [1.807, 2.05) is 0 Å². The van der Waals surface area contributed by atoms with E-state index >= 15 is 0 Å². The molecule has 19 heavy (non-hydrogen) atoms. The minimum Gasteiger partial charge on any atom is -0.493 e. The fourth-order valence-electron chi connectivity index (χ4n) is 2.05. The molecule has 0 spiro atoms. The summed E-state index contributed by atoms with van der Waals surface area (Å²) in [6, 6.07) is 2.97. The number of nitrogens with zero attached hydrogens (tertiary/aromatic N) is 1. The number of rotatable bonds is 4. The van der Waals surface area contributed by atoms with Gasteiger partial charge in [0.2, 0.25) is 0 Å². The monoisotopic (exact) mass is 265 g/mol. The second-order valence-corrected chi connectivity index (χ2v) is 4.32. The Morgan fingerprint density at radius 2 is 1.53 bits per heavy atom. The van der Waals surface area contributed by atoms with E-state index in [9.17, 15) is 14.7 Å². The van der Waals surface area contributed by atoms with E-state index < -0.39 is 17.9 Å². The van der Waals surface area contributed by atoms with Crippen LogP contribution in [-0.2, 0) is 0 Å². The van der Waals surface area contributed by atoms with Crippen molar-refractivity contribution in [3.05, 3.63) is 23.3 Å². The van der Waals surface area contributed by atoms with Crippen molar-refractivity contribution in [2.45, 2.75) is 13.0 Å². The van der Waals surface area contributed by atoms with Crippen molar-refractivity contribution in [3.63, 3.8) is 0 Å². The summed E-state index contributed by atoms with van der Waals surface area (Å²) in [6.45, 7) is 1.49. The molecule has 1 atom stereocenters. The Bertz CT molecular complexity index is 495. The van der Waals surface area contributed by atoms with Crippen LogP contribution >= 0.6 is 0 Å². The standard InChI is InChI=1S/C13H15NO5/c1-7(15)6-14-12(16)8-4-10(18-2)11(19-3)5-9(8)13(14)17/h4-5,7,15H,6H2,1-3H3. The van der Waals surface area contributed by atoms with Crippen molar-refractivity contribution in [1.82, 2.24) is 4.90 Å². The van der Waals surface area contributed by atoms with Crippen molar-refractivity contribution in [1.29, 1.82) is 0 Å². The van der Waals surface area contributed by atoms with Gasteiger partial charge < -0.3 is 14.6 Å². The van der Waals surface area contributed by atoms with Crippen LogP contribution in [0.1, 0.15) is 27.6 Å². The lowest BCUT2D eigenvalue weighted by Crippen LogP contribution is -2.35. The normalized spacial score (nSPS) is 15.5. The van der Waals surface area contributed by atoms with Gasteiger partial charge in [-0.15, -0.1) is 0 Å². The maximum absolute atomic E-state index is 12.1. The topological polar surface area (TPSA) is 76.1 Å². The number of fused-ring (bicyclic) bond motifs is 1. The third kappa shape index (κ3) is 2.15. The lowest BCUT2D eigenvalue weighted by molar-refractivity contribution is 0.0563. The zero-order chi connectivity index (χ0) is 14.2. The summed E-state index contributed by atoms with van der Waals surface area (Å²) in [4.78, 5) is 25.2. The third-order valence-corrected chi connectivity index (χ3v) is 2.92. The number of aliphatic hydroxyl groups is 1. The van der Waals surface area contributed by atoms with Gasteiger partial charge in [-0.3, -0.25) is 14.5 Å². The Labute approximate surface area is 110 Å². The first kappa shape index (κ1) is 13.4. The molecule has 1 heterocycles. The minimum atomic E-state index is -0.772. The molecule has 0 radical (unpaired) electrons. The number of imide groups is 1. The molecule has 1 aromatic rings. The molecular weight excluding hydrogens is 250 g/mol. The number of hydrogen-bond acceptors (Lipinski definition) is 5. The highest BCUT2D eigenvalue weighted by Gasteiger charge is 2.37. The van der Waals surface area contributed by atoms with E-state index in [4.69, 9.17) is 9.47 Å². The molecule has 6 nitrogen and oxygen atoms in total. The molecule has 0 aromatic heterocycles. The molecule has 1 aromatic carbocycles. The van der Waals surface area contributed by atoms with E-state index in [0.29, 0.717) is 11.5 Å². The van der Waals surface area contributed by atoms with Crippen LogP contribution in [0.3, 0.4) is 0 Å². The van der Waals surface area contributed by atoms with Crippen molar-refractivity contribution >= 4 is 11.8 Å². The van der Waals surface area contributed by atoms with E-state index in [1.165, 1.54) is 33.3 Å². The fraction of sp³-hybridized carbons (Fsp3) is 0.385. The van der Waals surface area contributed by atoms with Crippen molar-refractivity contribution in [3.8, 4) is 11.5 Å². The molecule has 1 unspecified atom stereocenters. The average Bonchev–Trinajstić information content (AvgIpc) is 2.61. The van der Waals surface area contributed by atoms with Crippen molar-refractivity contribution in [2.24, 2.45) is 0 Å². The third-order valence-electron chi connectivity index (χ3n) is 2.92. The predicted molar refractivity (Wildman–Crippen MR) is 66.6 cm³/mol. The number of amides is 2. The zero-order valence-corrected chi connectivity index (χ0v) is 11.0. The van der Waals surface area contributed by atoms with Gasteiger partial charge in [0, 0.05) is 0 Å². The highest BCUT2D eigenvalue weighted by Crippen LogP contribution is 2.34. The SMILES string of the molecule is COc1cc2c(cc1OC)C(=O)N(CC(C)O)C2=O. The highest BCUT2D eigenvalue weighted by molar-refractivity contribution is 6.21. The molecule has 1 aliphatic rings. The molecule has 6 heteroatoms. The number of carbonyl (C=O) groups is 2. The quantitative estimate of drug-likeness (QED) is 0.810. The Balaban J connectivity index is 2.47. The fourth-order valence-corrected chi connectivity index (χ4v) is 2.05. The Kier molecular flexibility index (Phi) is 3.44. The highest BCUT2D eigenvalue weighted by atomic mass is 16.5. The number of methoxy groups -OCH3 is 2. The average molecular weight is 265 g/mol. The van der Waals surface area contributed by atoms with Gasteiger partial charge in [0.25, 0.3) is 11.8 Å². The summed E-state index contributed by atoms with van der Waals surface area (Å²) in [5.41, 5.74) is 0.534. The molecule has 102 valence electrons. The lowest BCUT2D eigenvalue weighted by Gasteiger charge is -2.15. The second kappa shape index (κ2) is 4.89. The summed E-state index contributed by atoms with van der Waals surface area (Å²) in [5, 5.41) is 9.33. The van der Waals surface area contributed by atoms with Crippen LogP contribution in [0.2, 0.25) is 0 Å². The van der Waals surface area contributed by atoms with Crippen LogP contribution in [0.25, 0.3) is 0 Å². The summed E-state index contributed by atoms with van der Waals surface area (Å²) in [6.07, 6.45) is -0.772. The van der Waals surface area contributed by atoms with Crippen LogP contribution in [0, 0.1) is 0 Å². The van der Waals surface area contributed by atoms with Gasteiger partial charge in [-0.1, -0.05) is 0 Å². The Morgan fingerprint density at radius 3 is 1.84 bits per heavy atom. The van der Waals surface area contributed by atoms with E-state index in [2.05, 4.69) is 0 Å². The maximum Gasteiger partial charge on any atom is 0.261 e. The van der Waals surface area contributed by atoms with Gasteiger partial charge in [0.05, 0.1) is 38.0 Å². The molecule has 2 amide bonds. The van der Waals surface area contributed by atoms with E-state index in [0.717, 1.165) is 4.90 Å².